The molecule has 6 N–H and O–H groups in total. The number of nitrogens with zero attached hydrogens (tertiary/aromatic N) is 4. The van der Waals surface area contributed by atoms with Crippen molar-refractivity contribution >= 4 is 62.0 Å². The summed E-state index contributed by atoms with van der Waals surface area (Å²) in [5.74, 6) is -2.55. The highest BCUT2D eigenvalue weighted by atomic mass is 35.5. The Morgan fingerprint density at radius 2 is 1.69 bits per heavy atom. The van der Waals surface area contributed by atoms with Gasteiger partial charge < -0.3 is 26.2 Å². The number of hydrogen-bond acceptors (Lipinski definition) is 8. The molecule has 0 saturated carbocycles. The van der Waals surface area contributed by atoms with Crippen LogP contribution in [0.25, 0.3) is 10.9 Å². The molecule has 0 spiro atoms. The molecule has 2 aromatic carbocycles. The highest BCUT2D eigenvalue weighted by molar-refractivity contribution is 7.89. The average Bonchev–Trinajstić information content (AvgIpc) is 3.00. The van der Waals surface area contributed by atoms with Crippen LogP contribution in [0.4, 0.5) is 13.2 Å². The van der Waals surface area contributed by atoms with Crippen LogP contribution in [0.2, 0.25) is 10.0 Å². The number of carboxylic acids is 1. The molecule has 1 saturated heterocycles. The van der Waals surface area contributed by atoms with Crippen LogP contribution in [0.15, 0.2) is 52.4 Å². The van der Waals surface area contributed by atoms with Gasteiger partial charge in [0.25, 0.3) is 0 Å². The van der Waals surface area contributed by atoms with Crippen molar-refractivity contribution in [2.75, 3.05) is 39.3 Å². The molecule has 1 aromatic heterocycles. The Morgan fingerprint density at radius 1 is 1.06 bits per heavy atom. The summed E-state index contributed by atoms with van der Waals surface area (Å²) >= 11 is 13.0. The van der Waals surface area contributed by atoms with E-state index < -0.39 is 27.7 Å². The summed E-state index contributed by atoms with van der Waals surface area (Å²) in [7, 11) is -4.23. The lowest BCUT2D eigenvalue weighted by atomic mass is 10.0. The maximum Gasteiger partial charge on any atom is 0.490 e. The number of nitrogens with one attached hydrogen (secondary N) is 1. The lowest BCUT2D eigenvalue weighted by Gasteiger charge is -2.38. The number of alkyl halides is 3. The van der Waals surface area contributed by atoms with E-state index in [-0.39, 0.29) is 33.4 Å². The van der Waals surface area contributed by atoms with Crippen molar-refractivity contribution in [3.63, 3.8) is 0 Å². The zero-order valence-electron chi connectivity index (χ0n) is 26.7. The molecule has 268 valence electrons. The van der Waals surface area contributed by atoms with Gasteiger partial charge in [0.15, 0.2) is 5.96 Å². The molecule has 19 heteroatoms. The minimum Gasteiger partial charge on any atom is -0.487 e. The number of aliphatic carboxylic acids is 1. The Bertz CT molecular complexity index is 1820. The van der Waals surface area contributed by atoms with Gasteiger partial charge in [-0.25, -0.2) is 18.2 Å². The van der Waals surface area contributed by atoms with Gasteiger partial charge in [-0.2, -0.15) is 17.9 Å². The monoisotopic (exact) mass is 749 g/mol. The van der Waals surface area contributed by atoms with Crippen LogP contribution in [0.5, 0.6) is 5.75 Å². The number of carboxylic acid groups (broad SMARTS) is 1. The number of hydrogen-bond donors (Lipinski definition) is 4. The number of halogens is 5. The molecule has 13 nitrogen and oxygen atoms in total. The number of para-hydroxylation sites is 1. The van der Waals surface area contributed by atoms with Crippen molar-refractivity contribution in [2.45, 2.75) is 44.0 Å². The maximum absolute atomic E-state index is 13.5. The number of amides is 1. The van der Waals surface area contributed by atoms with E-state index in [1.54, 1.807) is 11.0 Å². The highest BCUT2D eigenvalue weighted by Gasteiger charge is 2.39. The molecule has 0 radical (unpaired) electrons. The Hall–Kier alpha value is -3.90. The second kappa shape index (κ2) is 16.2. The van der Waals surface area contributed by atoms with Crippen LogP contribution in [-0.2, 0) is 26.2 Å². The maximum atomic E-state index is 13.5. The summed E-state index contributed by atoms with van der Waals surface area (Å²) < 4.78 is 67.4. The molecule has 0 aliphatic carbocycles. The van der Waals surface area contributed by atoms with E-state index in [4.69, 9.17) is 49.3 Å². The van der Waals surface area contributed by atoms with Crippen LogP contribution in [0.3, 0.4) is 0 Å². The molecule has 3 aromatic rings. The molecule has 1 aliphatic heterocycles. The van der Waals surface area contributed by atoms with E-state index in [1.165, 1.54) is 26.0 Å². The Balaban J connectivity index is 0.000000838. The minimum atomic E-state index is -5.08. The van der Waals surface area contributed by atoms with Crippen LogP contribution in [0.1, 0.15) is 25.1 Å². The van der Waals surface area contributed by atoms with Crippen molar-refractivity contribution in [3.8, 4) is 5.75 Å². The lowest BCUT2D eigenvalue weighted by Crippen LogP contribution is -2.59. The molecule has 0 atom stereocenters. The Labute approximate surface area is 291 Å². The number of benzene rings is 2. The number of sulfonamides is 1. The smallest absolute Gasteiger partial charge is 0.487 e. The molecule has 1 aliphatic rings. The SMILES string of the molecule is Cc1ccc2cccc(OCc3c(Cl)ccc(S(=O)(=O)NC(C)(C)C(=O)N4CCN(CCN=C(N)N)CC4)c3Cl)c2n1.O=C(O)C(F)(F)F. The first-order chi connectivity index (χ1) is 22.7. The van der Waals surface area contributed by atoms with E-state index in [9.17, 15) is 26.4 Å². The van der Waals surface area contributed by atoms with Gasteiger partial charge in [0.05, 0.1) is 11.6 Å². The topological polar surface area (TPSA) is 194 Å². The fourth-order valence-corrected chi connectivity index (χ4v) is 6.98. The van der Waals surface area contributed by atoms with Gasteiger partial charge in [0, 0.05) is 54.4 Å². The van der Waals surface area contributed by atoms with E-state index >= 15 is 0 Å². The summed E-state index contributed by atoms with van der Waals surface area (Å²) in [6.45, 7) is 8.10. The number of rotatable bonds is 10. The summed E-state index contributed by atoms with van der Waals surface area (Å²) in [5.41, 5.74) is 11.1. The van der Waals surface area contributed by atoms with Crippen molar-refractivity contribution in [3.05, 3.63) is 63.8 Å². The number of carbonyl (C=O) groups excluding carboxylic acids is 1. The number of pyridine rings is 1. The molecule has 1 amide bonds. The Morgan fingerprint density at radius 3 is 2.29 bits per heavy atom. The van der Waals surface area contributed by atoms with Crippen molar-refractivity contribution in [1.29, 1.82) is 0 Å². The third kappa shape index (κ3) is 10.8. The Kier molecular flexibility index (Phi) is 13.1. The zero-order valence-corrected chi connectivity index (χ0v) is 29.0. The number of carbonyl (C=O) groups is 2. The van der Waals surface area contributed by atoms with Crippen molar-refractivity contribution in [1.82, 2.24) is 19.5 Å². The second-order valence-corrected chi connectivity index (χ2v) is 13.8. The zero-order chi connectivity index (χ0) is 36.7. The van der Waals surface area contributed by atoms with E-state index in [0.29, 0.717) is 56.1 Å². The molecular formula is C30H36Cl2F3N7O6S. The number of guanidine groups is 1. The number of aryl methyl sites for hydroxylation is 1. The first-order valence-corrected chi connectivity index (χ1v) is 16.8. The quantitative estimate of drug-likeness (QED) is 0.176. The van der Waals surface area contributed by atoms with Gasteiger partial charge >= 0.3 is 12.1 Å². The van der Waals surface area contributed by atoms with Crippen LogP contribution < -0.4 is 20.9 Å². The van der Waals surface area contributed by atoms with Gasteiger partial charge in [-0.05, 0) is 45.0 Å². The van der Waals surface area contributed by atoms with Gasteiger partial charge in [-0.1, -0.05) is 41.4 Å². The number of fused-ring (bicyclic) bond motifs is 1. The minimum absolute atomic E-state index is 0.0375. The van der Waals surface area contributed by atoms with Gasteiger partial charge in [0.1, 0.15) is 28.3 Å². The number of piperazine rings is 1. The first-order valence-electron chi connectivity index (χ1n) is 14.6. The van der Waals surface area contributed by atoms with Crippen LogP contribution in [-0.4, -0.2) is 97.1 Å². The molecular weight excluding hydrogens is 714 g/mol. The average molecular weight is 751 g/mol. The fraction of sp³-hybridized carbons (Fsp3) is 0.400. The van der Waals surface area contributed by atoms with E-state index in [1.807, 2.05) is 31.2 Å². The second-order valence-electron chi connectivity index (χ2n) is 11.4. The molecule has 0 unspecified atom stereocenters. The summed E-state index contributed by atoms with van der Waals surface area (Å²) in [5, 5.41) is 8.18. The summed E-state index contributed by atoms with van der Waals surface area (Å²) in [6.07, 6.45) is -5.08. The third-order valence-electron chi connectivity index (χ3n) is 7.17. The van der Waals surface area contributed by atoms with Gasteiger partial charge in [-0.15, -0.1) is 0 Å². The number of aliphatic imine (C=N–C) groups is 1. The standard InChI is InChI=1S/C28H35Cl2N7O4S.C2HF3O2/c1-18-7-8-19-5-4-6-22(25(19)34-18)41-17-20-21(29)9-10-23(24(20)30)42(39,40)35-28(2,3)26(38)37-15-13-36(14-16-37)12-11-33-27(31)32;3-2(4,5)1(6)7/h4-10,35H,11-17H2,1-3H3,(H4,31,32,33);(H,6,7). The predicted molar refractivity (Wildman–Crippen MR) is 179 cm³/mol. The van der Waals surface area contributed by atoms with Crippen molar-refractivity contribution < 1.29 is 41.0 Å². The predicted octanol–water partition coefficient (Wildman–Crippen LogP) is 3.54. The van der Waals surface area contributed by atoms with Crippen LogP contribution in [0, 0.1) is 6.92 Å². The summed E-state index contributed by atoms with van der Waals surface area (Å²) in [6, 6.07) is 12.2. The normalized spacial score (nSPS) is 14.2. The third-order valence-corrected chi connectivity index (χ3v) is 9.77. The highest BCUT2D eigenvalue weighted by Crippen LogP contribution is 2.34. The molecule has 4 rings (SSSR count). The largest absolute Gasteiger partial charge is 0.490 e. The number of nitrogens with two attached hydrogens (primary N) is 2. The number of aromatic nitrogens is 1. The first kappa shape index (κ1) is 39.5. The fourth-order valence-electron chi connectivity index (χ4n) is 4.72. The van der Waals surface area contributed by atoms with E-state index in [0.717, 1.165) is 11.1 Å². The van der Waals surface area contributed by atoms with Crippen molar-refractivity contribution in [2.24, 2.45) is 16.5 Å². The van der Waals surface area contributed by atoms with Gasteiger partial charge in [-0.3, -0.25) is 14.7 Å². The lowest BCUT2D eigenvalue weighted by molar-refractivity contribution is -0.192. The van der Waals surface area contributed by atoms with Gasteiger partial charge in [0.2, 0.25) is 15.9 Å². The molecule has 1 fully saturated rings. The van der Waals surface area contributed by atoms with E-state index in [2.05, 4.69) is 19.6 Å². The molecule has 49 heavy (non-hydrogen) atoms. The van der Waals surface area contributed by atoms with Crippen LogP contribution >= 0.6 is 23.2 Å². The molecule has 2 heterocycles. The number of ether oxygens (including phenoxy) is 1. The molecule has 0 bridgehead atoms. The summed E-state index contributed by atoms with van der Waals surface area (Å²) in [4.78, 5) is 34.4.